The fourth-order valence-electron chi connectivity index (χ4n) is 2.81. The molecule has 5 nitrogen and oxygen atoms in total. The van der Waals surface area contributed by atoms with Crippen molar-refractivity contribution in [1.82, 2.24) is 15.0 Å². The molecule has 1 unspecified atom stereocenters. The quantitative estimate of drug-likeness (QED) is 0.820. The number of hydrogen-bond donors (Lipinski definition) is 0. The van der Waals surface area contributed by atoms with Crippen LogP contribution in [0.4, 0.5) is 8.78 Å². The van der Waals surface area contributed by atoms with Gasteiger partial charge in [-0.25, -0.2) is 9.07 Å². The van der Waals surface area contributed by atoms with Gasteiger partial charge in [-0.05, 0) is 30.9 Å². The molecule has 0 bridgehead atoms. The molecule has 1 fully saturated rings. The number of aromatic nitrogens is 3. The minimum absolute atomic E-state index is 0.0622. The summed E-state index contributed by atoms with van der Waals surface area (Å²) in [4.78, 5) is 0. The van der Waals surface area contributed by atoms with Gasteiger partial charge in [-0.15, -0.1) is 5.10 Å². The summed E-state index contributed by atoms with van der Waals surface area (Å²) in [6, 6.07) is 2.81. The number of rotatable bonds is 6. The third kappa shape index (κ3) is 3.06. The van der Waals surface area contributed by atoms with E-state index in [4.69, 9.17) is 9.47 Å². The highest BCUT2D eigenvalue weighted by Crippen LogP contribution is 2.32. The van der Waals surface area contributed by atoms with Crippen LogP contribution in [-0.2, 0) is 11.3 Å². The van der Waals surface area contributed by atoms with Gasteiger partial charge in [0.05, 0.1) is 26.0 Å². The summed E-state index contributed by atoms with van der Waals surface area (Å²) in [6.45, 7) is 0.550. The summed E-state index contributed by atoms with van der Waals surface area (Å²) in [7, 11) is 2.97. The molecule has 0 aliphatic heterocycles. The van der Waals surface area contributed by atoms with Crippen molar-refractivity contribution in [2.75, 3.05) is 14.2 Å². The fourth-order valence-corrected chi connectivity index (χ4v) is 2.81. The van der Waals surface area contributed by atoms with Crippen molar-refractivity contribution < 1.29 is 18.3 Å². The first kappa shape index (κ1) is 15.9. The zero-order valence-corrected chi connectivity index (χ0v) is 13.1. The second-order valence-corrected chi connectivity index (χ2v) is 5.73. The van der Waals surface area contributed by atoms with Gasteiger partial charge in [-0.1, -0.05) is 11.6 Å². The van der Waals surface area contributed by atoms with E-state index in [9.17, 15) is 8.78 Å². The Morgan fingerprint density at radius 1 is 1.26 bits per heavy atom. The Balaban J connectivity index is 1.80. The molecule has 0 N–H and O–H groups in total. The lowest BCUT2D eigenvalue weighted by molar-refractivity contribution is 0.00519. The highest BCUT2D eigenvalue weighted by molar-refractivity contribution is 5.60. The number of methoxy groups -OCH3 is 2. The zero-order valence-electron chi connectivity index (χ0n) is 13.1. The molecule has 2 aromatic rings. The van der Waals surface area contributed by atoms with E-state index >= 15 is 0 Å². The SMILES string of the molecule is COc1ccc(-c2cn(CC(OC)C3CCC3)nn2)c(F)c1F. The predicted molar refractivity (Wildman–Crippen MR) is 80.1 cm³/mol. The van der Waals surface area contributed by atoms with E-state index in [0.29, 0.717) is 12.5 Å². The predicted octanol–water partition coefficient (Wildman–Crippen LogP) is 3.05. The van der Waals surface area contributed by atoms with Crippen LogP contribution in [0.5, 0.6) is 5.75 Å². The highest BCUT2D eigenvalue weighted by atomic mass is 19.2. The van der Waals surface area contributed by atoms with Gasteiger partial charge in [0.1, 0.15) is 5.69 Å². The van der Waals surface area contributed by atoms with Gasteiger partial charge in [-0.2, -0.15) is 4.39 Å². The Labute approximate surface area is 133 Å². The van der Waals surface area contributed by atoms with E-state index in [-0.39, 0.29) is 23.1 Å². The smallest absolute Gasteiger partial charge is 0.201 e. The average molecular weight is 323 g/mol. The molecule has 1 heterocycles. The minimum atomic E-state index is -1.02. The van der Waals surface area contributed by atoms with E-state index in [0.717, 1.165) is 12.8 Å². The molecule has 1 atom stereocenters. The maximum Gasteiger partial charge on any atom is 0.201 e. The van der Waals surface area contributed by atoms with E-state index in [2.05, 4.69) is 10.3 Å². The van der Waals surface area contributed by atoms with Crippen molar-refractivity contribution in [3.8, 4) is 17.0 Å². The van der Waals surface area contributed by atoms with Crippen LogP contribution >= 0.6 is 0 Å². The first-order valence-electron chi connectivity index (χ1n) is 7.59. The minimum Gasteiger partial charge on any atom is -0.494 e. The third-order valence-electron chi connectivity index (χ3n) is 4.43. The molecule has 1 aliphatic carbocycles. The highest BCUT2D eigenvalue weighted by Gasteiger charge is 2.28. The molecule has 3 rings (SSSR count). The van der Waals surface area contributed by atoms with Crippen LogP contribution in [0.1, 0.15) is 19.3 Å². The van der Waals surface area contributed by atoms with Gasteiger partial charge in [0.2, 0.25) is 5.82 Å². The molecule has 124 valence electrons. The first-order chi connectivity index (χ1) is 11.1. The molecule has 1 aromatic carbocycles. The van der Waals surface area contributed by atoms with Crippen LogP contribution < -0.4 is 4.74 Å². The number of hydrogen-bond acceptors (Lipinski definition) is 4. The average Bonchev–Trinajstić information content (AvgIpc) is 2.95. The maximum atomic E-state index is 14.1. The Morgan fingerprint density at radius 2 is 2.04 bits per heavy atom. The van der Waals surface area contributed by atoms with Crippen LogP contribution in [0, 0.1) is 17.6 Å². The standard InChI is InChI=1S/C16H19F2N3O2/c1-22-13-7-6-11(15(17)16(13)18)12-8-21(20-19-12)9-14(23-2)10-4-3-5-10/h6-8,10,14H,3-5,9H2,1-2H3. The molecular formula is C16H19F2N3O2. The lowest BCUT2D eigenvalue weighted by Gasteiger charge is -2.32. The molecule has 0 amide bonds. The fraction of sp³-hybridized carbons (Fsp3) is 0.500. The maximum absolute atomic E-state index is 14.1. The Bertz CT molecular complexity index is 686. The normalized spacial score (nSPS) is 16.2. The summed E-state index contributed by atoms with van der Waals surface area (Å²) in [5.74, 6) is -1.62. The van der Waals surface area contributed by atoms with Gasteiger partial charge >= 0.3 is 0 Å². The Hall–Kier alpha value is -2.02. The van der Waals surface area contributed by atoms with Gasteiger partial charge < -0.3 is 9.47 Å². The third-order valence-corrected chi connectivity index (χ3v) is 4.43. The van der Waals surface area contributed by atoms with Crippen LogP contribution in [0.2, 0.25) is 0 Å². The van der Waals surface area contributed by atoms with Crippen molar-refractivity contribution >= 4 is 0 Å². The second kappa shape index (κ2) is 6.62. The molecule has 1 aromatic heterocycles. The van der Waals surface area contributed by atoms with E-state index < -0.39 is 11.6 Å². The summed E-state index contributed by atoms with van der Waals surface area (Å²) in [5.41, 5.74) is 0.347. The van der Waals surface area contributed by atoms with Crippen LogP contribution in [0.25, 0.3) is 11.3 Å². The topological polar surface area (TPSA) is 49.2 Å². The summed E-state index contributed by atoms with van der Waals surface area (Å²) >= 11 is 0. The van der Waals surface area contributed by atoms with Gasteiger partial charge in [-0.3, -0.25) is 0 Å². The lowest BCUT2D eigenvalue weighted by atomic mass is 9.81. The molecule has 0 saturated heterocycles. The lowest BCUT2D eigenvalue weighted by Crippen LogP contribution is -2.32. The zero-order chi connectivity index (χ0) is 16.4. The molecule has 7 heteroatoms. The van der Waals surface area contributed by atoms with Gasteiger partial charge in [0.15, 0.2) is 11.6 Å². The van der Waals surface area contributed by atoms with E-state index in [1.165, 1.54) is 25.7 Å². The molecule has 23 heavy (non-hydrogen) atoms. The van der Waals surface area contributed by atoms with E-state index in [1.807, 2.05) is 0 Å². The Morgan fingerprint density at radius 3 is 2.65 bits per heavy atom. The van der Waals surface area contributed by atoms with E-state index in [1.54, 1.807) is 18.0 Å². The number of ether oxygens (including phenoxy) is 2. The largest absolute Gasteiger partial charge is 0.494 e. The summed E-state index contributed by atoms with van der Waals surface area (Å²) in [6.07, 6.45) is 5.20. The number of nitrogens with zero attached hydrogens (tertiary/aromatic N) is 3. The van der Waals surface area contributed by atoms with Crippen LogP contribution in [-0.4, -0.2) is 35.3 Å². The van der Waals surface area contributed by atoms with Crippen molar-refractivity contribution in [3.63, 3.8) is 0 Å². The van der Waals surface area contributed by atoms with Gasteiger partial charge in [0.25, 0.3) is 0 Å². The van der Waals surface area contributed by atoms with Crippen molar-refractivity contribution in [2.24, 2.45) is 5.92 Å². The van der Waals surface area contributed by atoms with Crippen molar-refractivity contribution in [1.29, 1.82) is 0 Å². The molecule has 1 aliphatic rings. The number of halogens is 2. The molecule has 0 radical (unpaired) electrons. The van der Waals surface area contributed by atoms with Crippen molar-refractivity contribution in [3.05, 3.63) is 30.0 Å². The van der Waals surface area contributed by atoms with Gasteiger partial charge in [0, 0.05) is 12.7 Å². The van der Waals surface area contributed by atoms with Crippen LogP contribution in [0.3, 0.4) is 0 Å². The monoisotopic (exact) mass is 323 g/mol. The summed E-state index contributed by atoms with van der Waals surface area (Å²) in [5, 5.41) is 7.95. The van der Waals surface area contributed by atoms with Crippen molar-refractivity contribution in [2.45, 2.75) is 31.9 Å². The molecule has 1 saturated carbocycles. The first-order valence-corrected chi connectivity index (χ1v) is 7.59. The molecule has 0 spiro atoms. The Kier molecular flexibility index (Phi) is 4.56. The summed E-state index contributed by atoms with van der Waals surface area (Å²) < 4.78 is 39.8. The second-order valence-electron chi connectivity index (χ2n) is 5.73. The molecular weight excluding hydrogens is 304 g/mol. The van der Waals surface area contributed by atoms with Crippen LogP contribution in [0.15, 0.2) is 18.3 Å². The number of benzene rings is 1.